The van der Waals surface area contributed by atoms with Gasteiger partial charge in [-0.3, -0.25) is 4.79 Å². The lowest BCUT2D eigenvalue weighted by molar-refractivity contribution is -0.137. The molecule has 0 unspecified atom stereocenters. The molecule has 186 valence electrons. The van der Waals surface area contributed by atoms with E-state index in [9.17, 15) is 26.4 Å². The zero-order valence-corrected chi connectivity index (χ0v) is 19.2. The molecule has 0 aliphatic carbocycles. The number of rotatable bonds is 8. The maximum Gasteiger partial charge on any atom is 0.416 e. The van der Waals surface area contributed by atoms with E-state index < -0.39 is 32.7 Å². The first-order chi connectivity index (χ1) is 16.6. The summed E-state index contributed by atoms with van der Waals surface area (Å²) in [5.41, 5.74) is -0.761. The van der Waals surface area contributed by atoms with Crippen LogP contribution in [0.2, 0.25) is 0 Å². The van der Waals surface area contributed by atoms with E-state index in [4.69, 9.17) is 13.3 Å². The number of furan rings is 1. The van der Waals surface area contributed by atoms with Crippen LogP contribution in [0.5, 0.6) is 5.75 Å². The highest BCUT2D eigenvalue weighted by Gasteiger charge is 2.32. The van der Waals surface area contributed by atoms with Crippen molar-refractivity contribution in [3.8, 4) is 5.75 Å². The quantitative estimate of drug-likeness (QED) is 0.402. The Labute approximate surface area is 200 Å². The number of para-hydroxylation sites is 1. The first kappa shape index (κ1) is 24.8. The average Bonchev–Trinajstić information content (AvgIpc) is 3.53. The Kier molecular flexibility index (Phi) is 7.18. The van der Waals surface area contributed by atoms with Crippen LogP contribution in [0.4, 0.5) is 13.2 Å². The predicted octanol–water partition coefficient (Wildman–Crippen LogP) is 4.89. The highest BCUT2D eigenvalue weighted by Crippen LogP contribution is 2.32. The van der Waals surface area contributed by atoms with Gasteiger partial charge in [-0.15, -0.1) is 0 Å². The van der Waals surface area contributed by atoms with Gasteiger partial charge in [0.05, 0.1) is 17.9 Å². The van der Waals surface area contributed by atoms with Crippen molar-refractivity contribution in [2.75, 3.05) is 13.2 Å². The minimum absolute atomic E-state index is 0.0341. The van der Waals surface area contributed by atoms with Crippen LogP contribution < -0.4 is 4.18 Å². The molecule has 4 rings (SSSR count). The molecule has 1 aromatic heterocycles. The molecule has 0 N–H and O–H groups in total. The van der Waals surface area contributed by atoms with E-state index in [0.29, 0.717) is 18.2 Å². The monoisotopic (exact) mass is 509 g/mol. The molecule has 11 heteroatoms. The molecule has 0 spiro atoms. The fourth-order valence-corrected chi connectivity index (χ4v) is 4.74. The van der Waals surface area contributed by atoms with Crippen molar-refractivity contribution in [1.82, 2.24) is 4.90 Å². The van der Waals surface area contributed by atoms with Crippen molar-refractivity contribution in [2.24, 2.45) is 0 Å². The molecule has 0 radical (unpaired) electrons. The third kappa shape index (κ3) is 6.04. The fourth-order valence-electron chi connectivity index (χ4n) is 3.73. The normalized spacial score (nSPS) is 16.3. The van der Waals surface area contributed by atoms with Gasteiger partial charge in [0.15, 0.2) is 5.76 Å². The first-order valence-corrected chi connectivity index (χ1v) is 12.2. The highest BCUT2D eigenvalue weighted by atomic mass is 32.2. The van der Waals surface area contributed by atoms with Crippen LogP contribution in [0.15, 0.2) is 76.2 Å². The predicted molar refractivity (Wildman–Crippen MR) is 118 cm³/mol. The van der Waals surface area contributed by atoms with Crippen LogP contribution in [0.3, 0.4) is 0 Å². The number of halogens is 3. The molecule has 35 heavy (non-hydrogen) atoms. The summed E-state index contributed by atoms with van der Waals surface area (Å²) in [5, 5.41) is 0. The smallest absolute Gasteiger partial charge is 0.416 e. The average molecular weight is 510 g/mol. The van der Waals surface area contributed by atoms with Gasteiger partial charge in [-0.25, -0.2) is 0 Å². The Hall–Kier alpha value is -3.31. The van der Waals surface area contributed by atoms with Crippen molar-refractivity contribution in [2.45, 2.75) is 36.6 Å². The van der Waals surface area contributed by atoms with Crippen molar-refractivity contribution in [1.29, 1.82) is 0 Å². The lowest BCUT2D eigenvalue weighted by Crippen LogP contribution is -2.37. The summed E-state index contributed by atoms with van der Waals surface area (Å²) in [7, 11) is -4.59. The lowest BCUT2D eigenvalue weighted by atomic mass is 10.1. The molecule has 1 aliphatic heterocycles. The van der Waals surface area contributed by atoms with Gasteiger partial charge in [0.25, 0.3) is 5.91 Å². The Morgan fingerprint density at radius 1 is 1.09 bits per heavy atom. The standard InChI is InChI=1S/C24H22F3NO6S/c25-24(26,27)18-7-3-9-20(14-18)35(30,31)34-21-10-2-1-6-17(21)15-28(16-19-8-4-12-32-19)23(29)22-11-5-13-33-22/h1-3,5-7,9-11,13-14,19H,4,8,12,15-16H2/t19-/m0/s1. The first-order valence-electron chi connectivity index (χ1n) is 10.8. The van der Waals surface area contributed by atoms with Gasteiger partial charge in [-0.05, 0) is 49.2 Å². The number of amides is 1. The topological polar surface area (TPSA) is 86.1 Å². The number of hydrogen-bond acceptors (Lipinski definition) is 6. The molecule has 0 saturated carbocycles. The summed E-state index contributed by atoms with van der Waals surface area (Å²) in [4.78, 5) is 13.9. The molecule has 1 amide bonds. The Morgan fingerprint density at radius 3 is 2.57 bits per heavy atom. The van der Waals surface area contributed by atoms with Gasteiger partial charge in [0.2, 0.25) is 0 Å². The number of carbonyl (C=O) groups excluding carboxylic acids is 1. The number of benzene rings is 2. The van der Waals surface area contributed by atoms with Gasteiger partial charge < -0.3 is 18.2 Å². The number of nitrogens with zero attached hydrogens (tertiary/aromatic N) is 1. The van der Waals surface area contributed by atoms with E-state index in [1.165, 1.54) is 29.4 Å². The zero-order chi connectivity index (χ0) is 25.1. The van der Waals surface area contributed by atoms with E-state index in [1.807, 2.05) is 0 Å². The second-order valence-electron chi connectivity index (χ2n) is 7.97. The summed E-state index contributed by atoms with van der Waals surface area (Å²) in [6.07, 6.45) is -1.89. The van der Waals surface area contributed by atoms with Gasteiger partial charge in [0, 0.05) is 25.3 Å². The van der Waals surface area contributed by atoms with E-state index >= 15 is 0 Å². The van der Waals surface area contributed by atoms with Crippen LogP contribution in [0.1, 0.15) is 34.5 Å². The third-order valence-corrected chi connectivity index (χ3v) is 6.68. The van der Waals surface area contributed by atoms with Crippen molar-refractivity contribution >= 4 is 16.0 Å². The van der Waals surface area contributed by atoms with Gasteiger partial charge in [0.1, 0.15) is 10.6 Å². The maximum atomic E-state index is 13.1. The molecular formula is C24H22F3NO6S. The SMILES string of the molecule is O=C(c1ccco1)N(Cc1ccccc1OS(=O)(=O)c1cccc(C(F)(F)F)c1)C[C@@H]1CCCO1. The summed E-state index contributed by atoms with van der Waals surface area (Å²) < 4.78 is 80.9. The summed E-state index contributed by atoms with van der Waals surface area (Å²) >= 11 is 0. The molecule has 1 atom stereocenters. The zero-order valence-electron chi connectivity index (χ0n) is 18.4. The van der Waals surface area contributed by atoms with Crippen molar-refractivity contribution < 1.29 is 39.7 Å². The van der Waals surface area contributed by atoms with Crippen LogP contribution >= 0.6 is 0 Å². The maximum absolute atomic E-state index is 13.1. The molecular weight excluding hydrogens is 487 g/mol. The number of ether oxygens (including phenoxy) is 1. The summed E-state index contributed by atoms with van der Waals surface area (Å²) in [6, 6.07) is 12.5. The lowest BCUT2D eigenvalue weighted by Gasteiger charge is -2.25. The van der Waals surface area contributed by atoms with E-state index in [2.05, 4.69) is 0 Å². The van der Waals surface area contributed by atoms with Gasteiger partial charge in [-0.2, -0.15) is 21.6 Å². The molecule has 7 nitrogen and oxygen atoms in total. The van der Waals surface area contributed by atoms with Crippen LogP contribution in [0, 0.1) is 0 Å². The number of carbonyl (C=O) groups is 1. The molecule has 2 aromatic carbocycles. The third-order valence-electron chi connectivity index (χ3n) is 5.45. The highest BCUT2D eigenvalue weighted by molar-refractivity contribution is 7.87. The van der Waals surface area contributed by atoms with Crippen molar-refractivity contribution in [3.05, 3.63) is 83.8 Å². The molecule has 1 saturated heterocycles. The van der Waals surface area contributed by atoms with Crippen molar-refractivity contribution in [3.63, 3.8) is 0 Å². The van der Waals surface area contributed by atoms with Crippen LogP contribution in [0.25, 0.3) is 0 Å². The Balaban J connectivity index is 1.60. The molecule has 2 heterocycles. The number of hydrogen-bond donors (Lipinski definition) is 0. The van der Waals surface area contributed by atoms with Gasteiger partial charge in [-0.1, -0.05) is 24.3 Å². The summed E-state index contributed by atoms with van der Waals surface area (Å²) in [6.45, 7) is 0.796. The summed E-state index contributed by atoms with van der Waals surface area (Å²) in [5.74, 6) is -0.409. The van der Waals surface area contributed by atoms with Gasteiger partial charge >= 0.3 is 16.3 Å². The largest absolute Gasteiger partial charge is 0.459 e. The minimum Gasteiger partial charge on any atom is -0.459 e. The molecule has 1 fully saturated rings. The van der Waals surface area contributed by atoms with E-state index in [-0.39, 0.29) is 30.7 Å². The van der Waals surface area contributed by atoms with E-state index in [0.717, 1.165) is 31.0 Å². The Bertz CT molecular complexity index is 1270. The number of alkyl halides is 3. The van der Waals surface area contributed by atoms with Crippen LogP contribution in [-0.2, 0) is 27.6 Å². The minimum atomic E-state index is -4.71. The molecule has 0 bridgehead atoms. The molecule has 1 aliphatic rings. The molecule has 3 aromatic rings. The fraction of sp³-hybridized carbons (Fsp3) is 0.292. The Morgan fingerprint density at radius 2 is 1.89 bits per heavy atom. The second-order valence-corrected chi connectivity index (χ2v) is 9.52. The second kappa shape index (κ2) is 10.1. The van der Waals surface area contributed by atoms with E-state index in [1.54, 1.807) is 18.2 Å². The van der Waals surface area contributed by atoms with Crippen LogP contribution in [-0.4, -0.2) is 38.5 Å².